The zero-order chi connectivity index (χ0) is 16.1. The van der Waals surface area contributed by atoms with Crippen LogP contribution in [0.1, 0.15) is 19.4 Å². The fraction of sp³-hybridized carbons (Fsp3) is 0.529. The van der Waals surface area contributed by atoms with Crippen molar-refractivity contribution in [1.82, 2.24) is 9.80 Å². The van der Waals surface area contributed by atoms with Gasteiger partial charge in [0.1, 0.15) is 6.54 Å². The van der Waals surface area contributed by atoms with Gasteiger partial charge in [0.25, 0.3) is 0 Å². The van der Waals surface area contributed by atoms with Crippen LogP contribution >= 0.6 is 0 Å². The van der Waals surface area contributed by atoms with Gasteiger partial charge in [-0.15, -0.1) is 0 Å². The molecule has 1 aliphatic rings. The first-order valence-electron chi connectivity index (χ1n) is 7.85. The molecule has 2 rings (SSSR count). The summed E-state index contributed by atoms with van der Waals surface area (Å²) in [6, 6.07) is 7.79. The lowest BCUT2D eigenvalue weighted by Crippen LogP contribution is -2.50. The number of benzene rings is 1. The fourth-order valence-electron chi connectivity index (χ4n) is 2.73. The lowest BCUT2D eigenvalue weighted by molar-refractivity contribution is -0.132. The zero-order valence-electron chi connectivity index (χ0n) is 13.7. The van der Waals surface area contributed by atoms with Gasteiger partial charge in [-0.1, -0.05) is 25.1 Å². The Labute approximate surface area is 132 Å². The van der Waals surface area contributed by atoms with Gasteiger partial charge in [-0.2, -0.15) is 0 Å². The Morgan fingerprint density at radius 1 is 1.14 bits per heavy atom. The first-order chi connectivity index (χ1) is 10.5. The van der Waals surface area contributed by atoms with Crippen LogP contribution < -0.4 is 4.90 Å². The van der Waals surface area contributed by atoms with Crippen molar-refractivity contribution in [1.29, 1.82) is 0 Å². The second-order valence-corrected chi connectivity index (χ2v) is 5.77. The van der Waals surface area contributed by atoms with E-state index in [0.717, 1.165) is 43.9 Å². The molecule has 0 N–H and O–H groups in total. The van der Waals surface area contributed by atoms with Crippen LogP contribution in [0.25, 0.3) is 0 Å². The highest BCUT2D eigenvalue weighted by molar-refractivity contribution is 5.98. The molecular weight excluding hydrogens is 278 g/mol. The fourth-order valence-corrected chi connectivity index (χ4v) is 2.73. The highest BCUT2D eigenvalue weighted by Gasteiger charge is 2.23. The number of carbonyl (C=O) groups excluding carboxylic acids is 2. The largest absolute Gasteiger partial charge is 0.339 e. The molecule has 1 fully saturated rings. The standard InChI is InChI=1S/C17H25N3O2/c1-4-15-7-5-6-8-16(15)20(14(2)21)13-17(22)19-11-9-18(3)10-12-19/h5-8H,4,9-13H2,1-3H3. The highest BCUT2D eigenvalue weighted by Crippen LogP contribution is 2.21. The van der Waals surface area contributed by atoms with E-state index < -0.39 is 0 Å². The molecule has 0 atom stereocenters. The van der Waals surface area contributed by atoms with E-state index in [2.05, 4.69) is 18.9 Å². The van der Waals surface area contributed by atoms with Crippen molar-refractivity contribution in [3.05, 3.63) is 29.8 Å². The Kier molecular flexibility index (Phi) is 5.55. The Morgan fingerprint density at radius 2 is 1.77 bits per heavy atom. The van der Waals surface area contributed by atoms with Crippen molar-refractivity contribution >= 4 is 17.5 Å². The maximum Gasteiger partial charge on any atom is 0.242 e. The number of rotatable bonds is 4. The van der Waals surface area contributed by atoms with E-state index in [9.17, 15) is 9.59 Å². The smallest absolute Gasteiger partial charge is 0.242 e. The monoisotopic (exact) mass is 303 g/mol. The molecular formula is C17H25N3O2. The van der Waals surface area contributed by atoms with Gasteiger partial charge in [0.15, 0.2) is 0 Å². The molecule has 1 aliphatic heterocycles. The lowest BCUT2D eigenvalue weighted by atomic mass is 10.1. The van der Waals surface area contributed by atoms with Gasteiger partial charge in [0, 0.05) is 38.8 Å². The normalized spacial score (nSPS) is 15.7. The number of hydrogen-bond donors (Lipinski definition) is 0. The number of carbonyl (C=O) groups is 2. The number of piperazine rings is 1. The Bertz CT molecular complexity index is 536. The topological polar surface area (TPSA) is 43.9 Å². The van der Waals surface area contributed by atoms with Crippen LogP contribution in [0.3, 0.4) is 0 Å². The van der Waals surface area contributed by atoms with Crippen molar-refractivity contribution in [3.8, 4) is 0 Å². The molecule has 0 spiro atoms. The quantitative estimate of drug-likeness (QED) is 0.844. The number of nitrogens with zero attached hydrogens (tertiary/aromatic N) is 3. The predicted molar refractivity (Wildman–Crippen MR) is 87.9 cm³/mol. The Morgan fingerprint density at radius 3 is 2.36 bits per heavy atom. The van der Waals surface area contributed by atoms with E-state index in [0.29, 0.717) is 0 Å². The molecule has 0 saturated carbocycles. The van der Waals surface area contributed by atoms with E-state index >= 15 is 0 Å². The summed E-state index contributed by atoms with van der Waals surface area (Å²) in [5.41, 5.74) is 1.93. The van der Waals surface area contributed by atoms with E-state index in [-0.39, 0.29) is 18.4 Å². The minimum Gasteiger partial charge on any atom is -0.339 e. The third-order valence-electron chi connectivity index (χ3n) is 4.19. The summed E-state index contributed by atoms with van der Waals surface area (Å²) < 4.78 is 0. The van der Waals surface area contributed by atoms with E-state index in [1.165, 1.54) is 6.92 Å². The molecule has 22 heavy (non-hydrogen) atoms. The molecule has 0 radical (unpaired) electrons. The maximum atomic E-state index is 12.5. The van der Waals surface area contributed by atoms with Crippen LogP contribution in [-0.2, 0) is 16.0 Å². The van der Waals surface area contributed by atoms with Crippen LogP contribution in [0.2, 0.25) is 0 Å². The average Bonchev–Trinajstić information content (AvgIpc) is 2.52. The zero-order valence-corrected chi connectivity index (χ0v) is 13.7. The SMILES string of the molecule is CCc1ccccc1N(CC(=O)N1CCN(C)CC1)C(C)=O. The summed E-state index contributed by atoms with van der Waals surface area (Å²) in [7, 11) is 2.06. The third-order valence-corrected chi connectivity index (χ3v) is 4.19. The van der Waals surface area contributed by atoms with Gasteiger partial charge in [-0.05, 0) is 25.1 Å². The minimum atomic E-state index is -0.0941. The second-order valence-electron chi connectivity index (χ2n) is 5.77. The molecule has 0 aromatic heterocycles. The van der Waals surface area contributed by atoms with Crippen molar-refractivity contribution < 1.29 is 9.59 Å². The minimum absolute atomic E-state index is 0.0224. The summed E-state index contributed by atoms with van der Waals surface area (Å²) in [4.78, 5) is 30.2. The van der Waals surface area contributed by atoms with E-state index in [4.69, 9.17) is 0 Å². The number of amides is 2. The summed E-state index contributed by atoms with van der Waals surface area (Å²) in [6.07, 6.45) is 0.836. The van der Waals surface area contributed by atoms with Crippen LogP contribution in [0.4, 0.5) is 5.69 Å². The molecule has 1 saturated heterocycles. The summed E-state index contributed by atoms with van der Waals surface area (Å²) >= 11 is 0. The van der Waals surface area contributed by atoms with Crippen molar-refractivity contribution in [2.45, 2.75) is 20.3 Å². The van der Waals surface area contributed by atoms with Crippen molar-refractivity contribution in [2.75, 3.05) is 44.7 Å². The van der Waals surface area contributed by atoms with Gasteiger partial charge in [-0.25, -0.2) is 0 Å². The van der Waals surface area contributed by atoms with E-state index in [1.54, 1.807) is 4.90 Å². The molecule has 120 valence electrons. The Balaban J connectivity index is 2.12. The van der Waals surface area contributed by atoms with Gasteiger partial charge in [0.2, 0.25) is 11.8 Å². The van der Waals surface area contributed by atoms with Crippen LogP contribution in [0.5, 0.6) is 0 Å². The van der Waals surface area contributed by atoms with Gasteiger partial charge in [0.05, 0.1) is 0 Å². The predicted octanol–water partition coefficient (Wildman–Crippen LogP) is 1.38. The van der Waals surface area contributed by atoms with Crippen molar-refractivity contribution in [3.63, 3.8) is 0 Å². The number of aryl methyl sites for hydroxylation is 1. The number of likely N-dealkylation sites (N-methyl/N-ethyl adjacent to an activating group) is 1. The van der Waals surface area contributed by atoms with Gasteiger partial charge in [-0.3, -0.25) is 9.59 Å². The number of hydrogen-bond acceptors (Lipinski definition) is 3. The molecule has 1 aromatic rings. The van der Waals surface area contributed by atoms with Crippen LogP contribution in [0, 0.1) is 0 Å². The molecule has 0 unspecified atom stereocenters. The van der Waals surface area contributed by atoms with Crippen LogP contribution in [0.15, 0.2) is 24.3 Å². The molecule has 0 bridgehead atoms. The Hall–Kier alpha value is -1.88. The van der Waals surface area contributed by atoms with E-state index in [1.807, 2.05) is 29.2 Å². The molecule has 5 heteroatoms. The summed E-state index contributed by atoms with van der Waals surface area (Å²) in [6.45, 7) is 6.93. The molecule has 5 nitrogen and oxygen atoms in total. The molecule has 2 amide bonds. The highest BCUT2D eigenvalue weighted by atomic mass is 16.2. The maximum absolute atomic E-state index is 12.5. The van der Waals surface area contributed by atoms with Crippen LogP contribution in [-0.4, -0.2) is 61.4 Å². The van der Waals surface area contributed by atoms with Crippen molar-refractivity contribution in [2.24, 2.45) is 0 Å². The number of anilines is 1. The average molecular weight is 303 g/mol. The third kappa shape index (κ3) is 3.85. The van der Waals surface area contributed by atoms with Gasteiger partial charge >= 0.3 is 0 Å². The second kappa shape index (κ2) is 7.40. The first kappa shape index (κ1) is 16.5. The molecule has 1 aromatic carbocycles. The summed E-state index contributed by atoms with van der Waals surface area (Å²) in [5, 5.41) is 0. The number of para-hydroxylation sites is 1. The molecule has 1 heterocycles. The summed E-state index contributed by atoms with van der Waals surface area (Å²) in [5.74, 6) is -0.0717. The molecule has 0 aliphatic carbocycles. The van der Waals surface area contributed by atoms with Gasteiger partial charge < -0.3 is 14.7 Å². The first-order valence-corrected chi connectivity index (χ1v) is 7.85. The lowest BCUT2D eigenvalue weighted by Gasteiger charge is -2.34.